The van der Waals surface area contributed by atoms with Crippen molar-refractivity contribution in [3.63, 3.8) is 0 Å². The Morgan fingerprint density at radius 2 is 2.00 bits per heavy atom. The number of amides is 1. The van der Waals surface area contributed by atoms with E-state index in [-0.39, 0.29) is 12.7 Å². The highest BCUT2D eigenvalue weighted by molar-refractivity contribution is 5.98. The number of hydrogen-bond donors (Lipinski definition) is 1. The third-order valence-corrected chi connectivity index (χ3v) is 5.06. The molecule has 1 amide bonds. The predicted octanol–water partition coefficient (Wildman–Crippen LogP) is 2.90. The van der Waals surface area contributed by atoms with Gasteiger partial charge in [-0.1, -0.05) is 18.2 Å². The predicted molar refractivity (Wildman–Crippen MR) is 97.7 cm³/mol. The van der Waals surface area contributed by atoms with Crippen molar-refractivity contribution in [2.45, 2.75) is 18.9 Å². The van der Waals surface area contributed by atoms with Crippen LogP contribution in [0.3, 0.4) is 0 Å². The van der Waals surface area contributed by atoms with E-state index in [1.807, 2.05) is 49.4 Å². The van der Waals surface area contributed by atoms with Crippen molar-refractivity contribution in [2.24, 2.45) is 0 Å². The standard InChI is InChI=1S/C20H22N2O4/c1-20(9-10-22(20)11-12-24-16-5-3-2-4-6-16)19(23)21-15-7-8-17-18(13-15)26-14-25-17/h2-8,13H,9-12,14H2,1H3,(H,21,23). The molecule has 1 saturated heterocycles. The Labute approximate surface area is 152 Å². The van der Waals surface area contributed by atoms with Crippen LogP contribution in [-0.4, -0.2) is 42.8 Å². The lowest BCUT2D eigenvalue weighted by Crippen LogP contribution is -2.65. The van der Waals surface area contributed by atoms with Crippen LogP contribution in [0, 0.1) is 0 Å². The molecule has 2 aromatic rings. The van der Waals surface area contributed by atoms with E-state index < -0.39 is 5.54 Å². The minimum atomic E-state index is -0.517. The van der Waals surface area contributed by atoms with Gasteiger partial charge in [0.15, 0.2) is 11.5 Å². The summed E-state index contributed by atoms with van der Waals surface area (Å²) in [6, 6.07) is 15.2. The van der Waals surface area contributed by atoms with E-state index in [0.717, 1.165) is 18.7 Å². The van der Waals surface area contributed by atoms with E-state index in [4.69, 9.17) is 14.2 Å². The molecule has 0 aliphatic carbocycles. The van der Waals surface area contributed by atoms with Crippen LogP contribution < -0.4 is 19.5 Å². The molecule has 0 radical (unpaired) electrons. The van der Waals surface area contributed by atoms with Gasteiger partial charge in [0, 0.05) is 24.8 Å². The number of nitrogens with zero attached hydrogens (tertiary/aromatic N) is 1. The van der Waals surface area contributed by atoms with Gasteiger partial charge in [-0.2, -0.15) is 0 Å². The van der Waals surface area contributed by atoms with E-state index in [0.29, 0.717) is 30.3 Å². The number of fused-ring (bicyclic) bond motifs is 1. The third kappa shape index (κ3) is 3.20. The van der Waals surface area contributed by atoms with Crippen molar-refractivity contribution in [2.75, 3.05) is 31.8 Å². The Bertz CT molecular complexity index is 796. The number of likely N-dealkylation sites (tertiary alicyclic amines) is 1. The lowest BCUT2D eigenvalue weighted by atomic mass is 9.85. The molecule has 2 aromatic carbocycles. The second-order valence-electron chi connectivity index (χ2n) is 6.69. The molecule has 1 N–H and O–H groups in total. The quantitative estimate of drug-likeness (QED) is 0.864. The summed E-state index contributed by atoms with van der Waals surface area (Å²) in [4.78, 5) is 14.9. The summed E-state index contributed by atoms with van der Waals surface area (Å²) >= 11 is 0. The van der Waals surface area contributed by atoms with Crippen LogP contribution in [0.25, 0.3) is 0 Å². The smallest absolute Gasteiger partial charge is 0.244 e. The van der Waals surface area contributed by atoms with Gasteiger partial charge < -0.3 is 19.5 Å². The van der Waals surface area contributed by atoms with E-state index in [9.17, 15) is 4.79 Å². The molecule has 2 aliphatic heterocycles. The van der Waals surface area contributed by atoms with Crippen LogP contribution in [0.5, 0.6) is 17.2 Å². The van der Waals surface area contributed by atoms with Gasteiger partial charge in [-0.05, 0) is 37.6 Å². The number of rotatable bonds is 6. The number of nitrogens with one attached hydrogen (secondary N) is 1. The summed E-state index contributed by atoms with van der Waals surface area (Å²) < 4.78 is 16.4. The molecule has 4 rings (SSSR count). The van der Waals surface area contributed by atoms with Gasteiger partial charge in [-0.3, -0.25) is 9.69 Å². The van der Waals surface area contributed by atoms with E-state index in [2.05, 4.69) is 10.2 Å². The maximum absolute atomic E-state index is 12.8. The first-order chi connectivity index (χ1) is 12.6. The topological polar surface area (TPSA) is 60.0 Å². The summed E-state index contributed by atoms with van der Waals surface area (Å²) in [6.07, 6.45) is 0.828. The van der Waals surface area contributed by atoms with Gasteiger partial charge in [-0.15, -0.1) is 0 Å². The fourth-order valence-corrected chi connectivity index (χ4v) is 3.25. The maximum atomic E-state index is 12.8. The molecule has 1 fully saturated rings. The zero-order valence-electron chi connectivity index (χ0n) is 14.7. The number of anilines is 1. The zero-order valence-corrected chi connectivity index (χ0v) is 14.7. The largest absolute Gasteiger partial charge is 0.492 e. The summed E-state index contributed by atoms with van der Waals surface area (Å²) in [7, 11) is 0. The van der Waals surface area contributed by atoms with Crippen LogP contribution in [0.2, 0.25) is 0 Å². The van der Waals surface area contributed by atoms with Gasteiger partial charge in [0.05, 0.1) is 5.54 Å². The second kappa shape index (κ2) is 6.88. The molecule has 2 aliphatic rings. The Morgan fingerprint density at radius 1 is 1.19 bits per heavy atom. The Balaban J connectivity index is 1.33. The monoisotopic (exact) mass is 354 g/mol. The molecule has 26 heavy (non-hydrogen) atoms. The van der Waals surface area contributed by atoms with Crippen molar-refractivity contribution in [3.05, 3.63) is 48.5 Å². The van der Waals surface area contributed by atoms with Crippen molar-refractivity contribution in [1.82, 2.24) is 4.90 Å². The van der Waals surface area contributed by atoms with Gasteiger partial charge >= 0.3 is 0 Å². The molecule has 136 valence electrons. The molecule has 0 spiro atoms. The molecular formula is C20H22N2O4. The lowest BCUT2D eigenvalue weighted by molar-refractivity contribution is -0.135. The Kier molecular flexibility index (Phi) is 4.42. The average molecular weight is 354 g/mol. The fourth-order valence-electron chi connectivity index (χ4n) is 3.25. The fraction of sp³-hybridized carbons (Fsp3) is 0.350. The molecule has 0 saturated carbocycles. The molecule has 6 nitrogen and oxygen atoms in total. The number of para-hydroxylation sites is 1. The van der Waals surface area contributed by atoms with Crippen LogP contribution >= 0.6 is 0 Å². The number of hydrogen-bond acceptors (Lipinski definition) is 5. The SMILES string of the molecule is CC1(C(=O)Nc2ccc3c(c2)OCO3)CCN1CCOc1ccccc1. The van der Waals surface area contributed by atoms with Crippen LogP contribution in [-0.2, 0) is 4.79 Å². The highest BCUT2D eigenvalue weighted by Crippen LogP contribution is 2.36. The normalized spacial score (nSPS) is 21.1. The minimum absolute atomic E-state index is 0.0117. The number of carbonyl (C=O) groups is 1. The van der Waals surface area contributed by atoms with E-state index >= 15 is 0 Å². The summed E-state index contributed by atoms with van der Waals surface area (Å²) in [5.41, 5.74) is 0.198. The highest BCUT2D eigenvalue weighted by atomic mass is 16.7. The average Bonchev–Trinajstić information content (AvgIpc) is 3.12. The Hall–Kier alpha value is -2.73. The number of benzene rings is 2. The first-order valence-electron chi connectivity index (χ1n) is 8.79. The Morgan fingerprint density at radius 3 is 2.77 bits per heavy atom. The van der Waals surface area contributed by atoms with Crippen LogP contribution in [0.4, 0.5) is 5.69 Å². The van der Waals surface area contributed by atoms with Gasteiger partial charge in [-0.25, -0.2) is 0 Å². The van der Waals surface area contributed by atoms with Crippen molar-refractivity contribution >= 4 is 11.6 Å². The summed E-state index contributed by atoms with van der Waals surface area (Å²) in [6.45, 7) is 4.35. The zero-order chi connectivity index (χ0) is 18.0. The first-order valence-corrected chi connectivity index (χ1v) is 8.79. The molecule has 0 aromatic heterocycles. The van der Waals surface area contributed by atoms with Gasteiger partial charge in [0.2, 0.25) is 12.7 Å². The maximum Gasteiger partial charge on any atom is 0.244 e. The van der Waals surface area contributed by atoms with Crippen molar-refractivity contribution in [1.29, 1.82) is 0 Å². The molecular weight excluding hydrogens is 332 g/mol. The van der Waals surface area contributed by atoms with Crippen molar-refractivity contribution < 1.29 is 19.0 Å². The van der Waals surface area contributed by atoms with E-state index in [1.54, 1.807) is 6.07 Å². The summed E-state index contributed by atoms with van der Waals surface area (Å²) in [5, 5.41) is 3.00. The van der Waals surface area contributed by atoms with Crippen LogP contribution in [0.15, 0.2) is 48.5 Å². The summed E-state index contributed by atoms with van der Waals surface area (Å²) in [5.74, 6) is 2.20. The van der Waals surface area contributed by atoms with Gasteiger partial charge in [0.25, 0.3) is 0 Å². The number of ether oxygens (including phenoxy) is 3. The highest BCUT2D eigenvalue weighted by Gasteiger charge is 2.46. The lowest BCUT2D eigenvalue weighted by Gasteiger charge is -2.49. The van der Waals surface area contributed by atoms with Gasteiger partial charge in [0.1, 0.15) is 12.4 Å². The van der Waals surface area contributed by atoms with E-state index in [1.165, 1.54) is 0 Å². The third-order valence-electron chi connectivity index (χ3n) is 5.06. The first kappa shape index (κ1) is 16.7. The molecule has 1 unspecified atom stereocenters. The molecule has 2 heterocycles. The number of carbonyl (C=O) groups excluding carboxylic acids is 1. The minimum Gasteiger partial charge on any atom is -0.492 e. The second-order valence-corrected chi connectivity index (χ2v) is 6.69. The molecule has 1 atom stereocenters. The molecule has 0 bridgehead atoms. The van der Waals surface area contributed by atoms with Crippen LogP contribution in [0.1, 0.15) is 13.3 Å². The molecule has 6 heteroatoms. The van der Waals surface area contributed by atoms with Crippen molar-refractivity contribution in [3.8, 4) is 17.2 Å².